The number of hydrogen-bond acceptors (Lipinski definition) is 2. The van der Waals surface area contributed by atoms with Gasteiger partial charge in [-0.25, -0.2) is 4.79 Å². The third-order valence-corrected chi connectivity index (χ3v) is 2.30. The van der Waals surface area contributed by atoms with Crippen molar-refractivity contribution in [1.29, 1.82) is 0 Å². The van der Waals surface area contributed by atoms with Crippen LogP contribution in [0.25, 0.3) is 0 Å². The molecule has 0 aromatic heterocycles. The highest BCUT2D eigenvalue weighted by Gasteiger charge is 2.13. The van der Waals surface area contributed by atoms with Crippen LogP contribution in [0.15, 0.2) is 24.3 Å². The summed E-state index contributed by atoms with van der Waals surface area (Å²) in [6.45, 7) is 7.78. The van der Waals surface area contributed by atoms with Gasteiger partial charge in [-0.05, 0) is 52.9 Å². The SMILES string of the molecule is CCC=CCCCCCC=CC(=O)OC(C)(C)C. The molecule has 0 rings (SSSR count). The van der Waals surface area contributed by atoms with Gasteiger partial charge in [0, 0.05) is 6.08 Å². The van der Waals surface area contributed by atoms with Crippen molar-refractivity contribution < 1.29 is 9.53 Å². The summed E-state index contributed by atoms with van der Waals surface area (Å²) >= 11 is 0. The summed E-state index contributed by atoms with van der Waals surface area (Å²) in [6, 6.07) is 0. The average Bonchev–Trinajstić information content (AvgIpc) is 2.24. The van der Waals surface area contributed by atoms with Crippen molar-refractivity contribution in [3.63, 3.8) is 0 Å². The predicted molar refractivity (Wildman–Crippen MR) is 77.5 cm³/mol. The fraction of sp³-hybridized carbons (Fsp3) is 0.688. The third-order valence-electron chi connectivity index (χ3n) is 2.30. The lowest BCUT2D eigenvalue weighted by Crippen LogP contribution is -2.22. The summed E-state index contributed by atoms with van der Waals surface area (Å²) in [5.74, 6) is -0.242. The first-order chi connectivity index (χ1) is 8.45. The fourth-order valence-electron chi connectivity index (χ4n) is 1.50. The normalized spacial score (nSPS) is 12.4. The highest BCUT2D eigenvalue weighted by molar-refractivity contribution is 5.82. The second-order valence-corrected chi connectivity index (χ2v) is 5.45. The monoisotopic (exact) mass is 252 g/mol. The van der Waals surface area contributed by atoms with Crippen LogP contribution in [0.4, 0.5) is 0 Å². The van der Waals surface area contributed by atoms with Crippen LogP contribution in [-0.2, 0) is 9.53 Å². The van der Waals surface area contributed by atoms with E-state index in [-0.39, 0.29) is 5.97 Å². The lowest BCUT2D eigenvalue weighted by Gasteiger charge is -2.17. The van der Waals surface area contributed by atoms with Crippen LogP contribution < -0.4 is 0 Å². The molecule has 104 valence electrons. The highest BCUT2D eigenvalue weighted by Crippen LogP contribution is 2.08. The molecule has 0 fully saturated rings. The van der Waals surface area contributed by atoms with E-state index in [4.69, 9.17) is 4.74 Å². The van der Waals surface area contributed by atoms with Gasteiger partial charge >= 0.3 is 5.97 Å². The smallest absolute Gasteiger partial charge is 0.330 e. The minimum absolute atomic E-state index is 0.242. The van der Waals surface area contributed by atoms with E-state index in [2.05, 4.69) is 19.1 Å². The van der Waals surface area contributed by atoms with E-state index in [1.807, 2.05) is 26.8 Å². The van der Waals surface area contributed by atoms with Gasteiger partial charge in [0.15, 0.2) is 0 Å². The van der Waals surface area contributed by atoms with E-state index in [0.29, 0.717) is 0 Å². The Balaban J connectivity index is 3.48. The third kappa shape index (κ3) is 13.0. The van der Waals surface area contributed by atoms with Crippen molar-refractivity contribution in [3.05, 3.63) is 24.3 Å². The minimum Gasteiger partial charge on any atom is -0.457 e. The molecular weight excluding hydrogens is 224 g/mol. The Bertz CT molecular complexity index is 269. The van der Waals surface area contributed by atoms with Gasteiger partial charge in [0.25, 0.3) is 0 Å². The first kappa shape index (κ1) is 16.9. The van der Waals surface area contributed by atoms with Crippen molar-refractivity contribution in [2.24, 2.45) is 0 Å². The van der Waals surface area contributed by atoms with Crippen LogP contribution in [0.5, 0.6) is 0 Å². The zero-order valence-corrected chi connectivity index (χ0v) is 12.4. The van der Waals surface area contributed by atoms with Crippen LogP contribution in [0.3, 0.4) is 0 Å². The second-order valence-electron chi connectivity index (χ2n) is 5.45. The number of rotatable bonds is 8. The molecule has 0 radical (unpaired) electrons. The Morgan fingerprint density at radius 1 is 1.00 bits per heavy atom. The van der Waals surface area contributed by atoms with Crippen molar-refractivity contribution in [3.8, 4) is 0 Å². The zero-order chi connectivity index (χ0) is 13.9. The summed E-state index contributed by atoms with van der Waals surface area (Å²) in [6.07, 6.45) is 14.7. The van der Waals surface area contributed by atoms with Gasteiger partial charge in [-0.15, -0.1) is 0 Å². The Morgan fingerprint density at radius 2 is 1.61 bits per heavy atom. The first-order valence-corrected chi connectivity index (χ1v) is 7.00. The Labute approximate surface area is 112 Å². The Hall–Kier alpha value is -1.05. The minimum atomic E-state index is -0.396. The largest absolute Gasteiger partial charge is 0.457 e. The molecule has 0 aliphatic rings. The molecule has 0 spiro atoms. The van der Waals surface area contributed by atoms with Crippen molar-refractivity contribution in [1.82, 2.24) is 0 Å². The molecule has 0 aromatic rings. The van der Waals surface area contributed by atoms with Crippen LogP contribution >= 0.6 is 0 Å². The molecule has 0 heterocycles. The number of carbonyl (C=O) groups excluding carboxylic acids is 1. The van der Waals surface area contributed by atoms with Gasteiger partial charge < -0.3 is 4.74 Å². The van der Waals surface area contributed by atoms with Crippen LogP contribution in [-0.4, -0.2) is 11.6 Å². The second kappa shape index (κ2) is 9.93. The summed E-state index contributed by atoms with van der Waals surface area (Å²) in [4.78, 5) is 11.3. The molecule has 18 heavy (non-hydrogen) atoms. The van der Waals surface area contributed by atoms with E-state index in [1.54, 1.807) is 6.08 Å². The van der Waals surface area contributed by atoms with Gasteiger partial charge in [0.05, 0.1) is 0 Å². The number of allylic oxidation sites excluding steroid dienone is 3. The predicted octanol–water partition coefficient (Wildman–Crippen LogP) is 4.80. The van der Waals surface area contributed by atoms with Crippen molar-refractivity contribution in [2.75, 3.05) is 0 Å². The Morgan fingerprint density at radius 3 is 2.17 bits per heavy atom. The molecule has 0 aliphatic heterocycles. The van der Waals surface area contributed by atoms with E-state index >= 15 is 0 Å². The molecule has 0 N–H and O–H groups in total. The summed E-state index contributed by atoms with van der Waals surface area (Å²) in [7, 11) is 0. The highest BCUT2D eigenvalue weighted by atomic mass is 16.6. The van der Waals surface area contributed by atoms with Crippen LogP contribution in [0, 0.1) is 0 Å². The molecule has 0 atom stereocenters. The molecule has 2 nitrogen and oxygen atoms in total. The maximum atomic E-state index is 11.3. The maximum Gasteiger partial charge on any atom is 0.330 e. The fourth-order valence-corrected chi connectivity index (χ4v) is 1.50. The van der Waals surface area contributed by atoms with Crippen LogP contribution in [0.2, 0.25) is 0 Å². The summed E-state index contributed by atoms with van der Waals surface area (Å²) < 4.78 is 5.17. The van der Waals surface area contributed by atoms with Gasteiger partial charge in [-0.2, -0.15) is 0 Å². The average molecular weight is 252 g/mol. The molecule has 0 aliphatic carbocycles. The number of ether oxygens (including phenoxy) is 1. The van der Waals surface area contributed by atoms with Crippen LogP contribution in [0.1, 0.15) is 66.2 Å². The van der Waals surface area contributed by atoms with Gasteiger partial charge in [0.1, 0.15) is 5.60 Å². The van der Waals surface area contributed by atoms with Crippen molar-refractivity contribution in [2.45, 2.75) is 71.8 Å². The number of unbranched alkanes of at least 4 members (excludes halogenated alkanes) is 4. The topological polar surface area (TPSA) is 26.3 Å². The number of esters is 1. The standard InChI is InChI=1S/C16H28O2/c1-5-6-7-8-9-10-11-12-13-14-15(17)18-16(2,3)4/h6-7,13-14H,5,8-12H2,1-4H3. The molecule has 2 heteroatoms. The lowest BCUT2D eigenvalue weighted by molar-refractivity contribution is -0.148. The van der Waals surface area contributed by atoms with E-state index in [0.717, 1.165) is 19.3 Å². The molecule has 0 saturated heterocycles. The molecule has 0 bridgehead atoms. The molecule has 0 unspecified atom stereocenters. The maximum absolute atomic E-state index is 11.3. The zero-order valence-electron chi connectivity index (χ0n) is 12.4. The van der Waals surface area contributed by atoms with Gasteiger partial charge in [-0.3, -0.25) is 0 Å². The molecular formula is C16H28O2. The van der Waals surface area contributed by atoms with E-state index in [1.165, 1.54) is 19.3 Å². The van der Waals surface area contributed by atoms with E-state index < -0.39 is 5.60 Å². The number of hydrogen-bond donors (Lipinski definition) is 0. The van der Waals surface area contributed by atoms with E-state index in [9.17, 15) is 4.79 Å². The summed E-state index contributed by atoms with van der Waals surface area (Å²) in [5, 5.41) is 0. The van der Waals surface area contributed by atoms with Gasteiger partial charge in [0.2, 0.25) is 0 Å². The van der Waals surface area contributed by atoms with Crippen molar-refractivity contribution >= 4 is 5.97 Å². The first-order valence-electron chi connectivity index (χ1n) is 7.00. The molecule has 0 saturated carbocycles. The quantitative estimate of drug-likeness (QED) is 0.268. The summed E-state index contributed by atoms with van der Waals surface area (Å²) in [5.41, 5.74) is -0.396. The Kier molecular flexibility index (Phi) is 9.35. The molecule has 0 aromatic carbocycles. The lowest BCUT2D eigenvalue weighted by atomic mass is 10.1. The van der Waals surface area contributed by atoms with Gasteiger partial charge in [-0.1, -0.05) is 31.6 Å². The number of carbonyl (C=O) groups is 1. The molecule has 0 amide bonds.